The van der Waals surface area contributed by atoms with Gasteiger partial charge in [0.05, 0.1) is 12.2 Å². The average molecular weight is 235 g/mol. The number of benzene rings is 1. The monoisotopic (exact) mass is 235 g/mol. The van der Waals surface area contributed by atoms with Crippen LogP contribution in [0.15, 0.2) is 30.3 Å². The van der Waals surface area contributed by atoms with E-state index >= 15 is 0 Å². The molecule has 3 heteroatoms. The Morgan fingerprint density at radius 1 is 1.29 bits per heavy atom. The molecular weight excluding hydrogens is 214 g/mol. The minimum absolute atomic E-state index is 0.0896. The molecule has 0 aromatic heterocycles. The number of hydrogen-bond donors (Lipinski definition) is 1. The number of rotatable bonds is 6. The molecule has 1 fully saturated rings. The molecule has 1 aromatic carbocycles. The molecule has 3 atom stereocenters. The van der Waals surface area contributed by atoms with Gasteiger partial charge in [-0.3, -0.25) is 0 Å². The van der Waals surface area contributed by atoms with Gasteiger partial charge in [-0.15, -0.1) is 0 Å². The van der Waals surface area contributed by atoms with Crippen molar-refractivity contribution in [2.45, 2.75) is 37.5 Å². The Kier molecular flexibility index (Phi) is 4.54. The van der Waals surface area contributed by atoms with Crippen molar-refractivity contribution in [2.24, 2.45) is 5.73 Å². The van der Waals surface area contributed by atoms with Crippen LogP contribution in [0, 0.1) is 0 Å². The van der Waals surface area contributed by atoms with Crippen LogP contribution in [-0.2, 0) is 15.9 Å². The summed E-state index contributed by atoms with van der Waals surface area (Å²) in [5.74, 6) is 0. The number of nitrogens with two attached hydrogens (primary N) is 1. The lowest BCUT2D eigenvalue weighted by Crippen LogP contribution is -2.57. The quantitative estimate of drug-likeness (QED) is 0.764. The lowest BCUT2D eigenvalue weighted by molar-refractivity contribution is -0.125. The summed E-state index contributed by atoms with van der Waals surface area (Å²) in [7, 11) is 1.70. The third-order valence-electron chi connectivity index (χ3n) is 3.35. The number of aryl methyl sites for hydroxylation is 1. The summed E-state index contributed by atoms with van der Waals surface area (Å²) >= 11 is 0. The van der Waals surface area contributed by atoms with E-state index in [4.69, 9.17) is 15.2 Å². The number of hydrogen-bond acceptors (Lipinski definition) is 3. The Bertz CT molecular complexity index is 328. The Balaban J connectivity index is 1.61. The Morgan fingerprint density at radius 2 is 2.06 bits per heavy atom. The van der Waals surface area contributed by atoms with Crippen LogP contribution in [0.3, 0.4) is 0 Å². The molecule has 1 aliphatic carbocycles. The summed E-state index contributed by atoms with van der Waals surface area (Å²) in [5.41, 5.74) is 7.18. The molecule has 1 aromatic rings. The average Bonchev–Trinajstić information content (AvgIpc) is 2.34. The summed E-state index contributed by atoms with van der Waals surface area (Å²) in [4.78, 5) is 0. The molecule has 94 valence electrons. The van der Waals surface area contributed by atoms with Crippen LogP contribution in [0.1, 0.15) is 18.4 Å². The van der Waals surface area contributed by atoms with Gasteiger partial charge in [0.2, 0.25) is 0 Å². The van der Waals surface area contributed by atoms with Crippen molar-refractivity contribution in [1.82, 2.24) is 0 Å². The molecule has 0 heterocycles. The van der Waals surface area contributed by atoms with Crippen LogP contribution >= 0.6 is 0 Å². The molecule has 0 amide bonds. The van der Waals surface area contributed by atoms with E-state index in [2.05, 4.69) is 24.3 Å². The standard InChI is InChI=1S/C14H21NO2/c1-16-14-12(15)10-13(14)17-9-5-8-11-6-3-2-4-7-11/h2-4,6-7,12-14H,5,8-10,15H2,1H3. The van der Waals surface area contributed by atoms with Crippen molar-refractivity contribution in [1.29, 1.82) is 0 Å². The zero-order chi connectivity index (χ0) is 12.1. The highest BCUT2D eigenvalue weighted by molar-refractivity contribution is 5.14. The van der Waals surface area contributed by atoms with E-state index in [1.807, 2.05) is 6.07 Å². The van der Waals surface area contributed by atoms with Gasteiger partial charge in [0.15, 0.2) is 0 Å². The first-order valence-corrected chi connectivity index (χ1v) is 6.25. The molecular formula is C14H21NO2. The maximum absolute atomic E-state index is 5.81. The smallest absolute Gasteiger partial charge is 0.0984 e. The van der Waals surface area contributed by atoms with Crippen molar-refractivity contribution in [3.8, 4) is 0 Å². The van der Waals surface area contributed by atoms with Crippen molar-refractivity contribution < 1.29 is 9.47 Å². The molecule has 0 bridgehead atoms. The van der Waals surface area contributed by atoms with Crippen LogP contribution in [0.4, 0.5) is 0 Å². The molecule has 3 unspecified atom stereocenters. The lowest BCUT2D eigenvalue weighted by atomic mass is 9.86. The Labute approximate surface area is 103 Å². The maximum atomic E-state index is 5.81. The summed E-state index contributed by atoms with van der Waals surface area (Å²) in [6.07, 6.45) is 3.32. The van der Waals surface area contributed by atoms with Gasteiger partial charge in [-0.05, 0) is 24.8 Å². The molecule has 1 aliphatic rings. The van der Waals surface area contributed by atoms with Crippen molar-refractivity contribution in [3.63, 3.8) is 0 Å². The van der Waals surface area contributed by atoms with Gasteiger partial charge in [-0.1, -0.05) is 30.3 Å². The Hall–Kier alpha value is -0.900. The number of methoxy groups -OCH3 is 1. The molecule has 2 rings (SSSR count). The van der Waals surface area contributed by atoms with Crippen molar-refractivity contribution >= 4 is 0 Å². The number of ether oxygens (including phenoxy) is 2. The second-order valence-electron chi connectivity index (χ2n) is 4.60. The fourth-order valence-corrected chi connectivity index (χ4v) is 2.26. The molecule has 0 spiro atoms. The van der Waals surface area contributed by atoms with E-state index in [1.165, 1.54) is 5.56 Å². The largest absolute Gasteiger partial charge is 0.377 e. The van der Waals surface area contributed by atoms with Crippen molar-refractivity contribution in [3.05, 3.63) is 35.9 Å². The van der Waals surface area contributed by atoms with Crippen LogP contribution < -0.4 is 5.73 Å². The van der Waals surface area contributed by atoms with Gasteiger partial charge in [0.1, 0.15) is 0 Å². The zero-order valence-corrected chi connectivity index (χ0v) is 10.3. The third-order valence-corrected chi connectivity index (χ3v) is 3.35. The predicted molar refractivity (Wildman–Crippen MR) is 67.9 cm³/mol. The van der Waals surface area contributed by atoms with Crippen molar-refractivity contribution in [2.75, 3.05) is 13.7 Å². The van der Waals surface area contributed by atoms with E-state index in [-0.39, 0.29) is 18.2 Å². The van der Waals surface area contributed by atoms with Crippen LogP contribution in [0.2, 0.25) is 0 Å². The fraction of sp³-hybridized carbons (Fsp3) is 0.571. The first kappa shape index (κ1) is 12.6. The Morgan fingerprint density at radius 3 is 2.71 bits per heavy atom. The van der Waals surface area contributed by atoms with E-state index in [9.17, 15) is 0 Å². The highest BCUT2D eigenvalue weighted by Gasteiger charge is 2.39. The minimum Gasteiger partial charge on any atom is -0.377 e. The van der Waals surface area contributed by atoms with Gasteiger partial charge in [-0.2, -0.15) is 0 Å². The second kappa shape index (κ2) is 6.15. The summed E-state index contributed by atoms with van der Waals surface area (Å²) in [6, 6.07) is 10.6. The van der Waals surface area contributed by atoms with Gasteiger partial charge in [-0.25, -0.2) is 0 Å². The van der Waals surface area contributed by atoms with Crippen LogP contribution in [-0.4, -0.2) is 32.0 Å². The minimum atomic E-state index is 0.0896. The lowest BCUT2D eigenvalue weighted by Gasteiger charge is -2.40. The third kappa shape index (κ3) is 3.28. The van der Waals surface area contributed by atoms with E-state index in [0.29, 0.717) is 0 Å². The molecule has 0 radical (unpaired) electrons. The SMILES string of the molecule is COC1C(N)CC1OCCCc1ccccc1. The van der Waals surface area contributed by atoms with Gasteiger partial charge >= 0.3 is 0 Å². The molecule has 0 saturated heterocycles. The van der Waals surface area contributed by atoms with Gasteiger partial charge in [0, 0.05) is 19.8 Å². The van der Waals surface area contributed by atoms with Gasteiger partial charge in [0.25, 0.3) is 0 Å². The maximum Gasteiger partial charge on any atom is 0.0984 e. The van der Waals surface area contributed by atoms with E-state index in [0.717, 1.165) is 25.9 Å². The first-order valence-electron chi connectivity index (χ1n) is 6.25. The van der Waals surface area contributed by atoms with Crippen LogP contribution in [0.5, 0.6) is 0 Å². The van der Waals surface area contributed by atoms with Gasteiger partial charge < -0.3 is 15.2 Å². The summed E-state index contributed by atoms with van der Waals surface area (Å²) in [5, 5.41) is 0. The topological polar surface area (TPSA) is 44.5 Å². The fourth-order valence-electron chi connectivity index (χ4n) is 2.26. The van der Waals surface area contributed by atoms with E-state index in [1.54, 1.807) is 7.11 Å². The molecule has 17 heavy (non-hydrogen) atoms. The van der Waals surface area contributed by atoms with Crippen LogP contribution in [0.25, 0.3) is 0 Å². The second-order valence-corrected chi connectivity index (χ2v) is 4.60. The highest BCUT2D eigenvalue weighted by atomic mass is 16.5. The first-order chi connectivity index (χ1) is 8.31. The van der Waals surface area contributed by atoms with E-state index < -0.39 is 0 Å². The predicted octanol–water partition coefficient (Wildman–Crippen LogP) is 1.75. The summed E-state index contributed by atoms with van der Waals surface area (Å²) < 4.78 is 11.0. The highest BCUT2D eigenvalue weighted by Crippen LogP contribution is 2.25. The summed E-state index contributed by atoms with van der Waals surface area (Å²) in [6.45, 7) is 0.784. The molecule has 0 aliphatic heterocycles. The normalized spacial score (nSPS) is 27.8. The molecule has 3 nitrogen and oxygen atoms in total. The zero-order valence-electron chi connectivity index (χ0n) is 10.3. The molecule has 2 N–H and O–H groups in total. The molecule has 1 saturated carbocycles.